The van der Waals surface area contributed by atoms with Gasteiger partial charge in [-0.3, -0.25) is 10.1 Å². The van der Waals surface area contributed by atoms with Crippen molar-refractivity contribution >= 4 is 40.7 Å². The van der Waals surface area contributed by atoms with Crippen LogP contribution in [0.2, 0.25) is 0 Å². The molecule has 0 aliphatic rings. The Hall–Kier alpha value is -2.49. The number of hydrogen-bond donors (Lipinski definition) is 1. The molecule has 22 heavy (non-hydrogen) atoms. The molecular formula is C12H15N3O6S. The minimum absolute atomic E-state index is 0.0603. The van der Waals surface area contributed by atoms with Gasteiger partial charge in [0, 0.05) is 5.38 Å². The van der Waals surface area contributed by atoms with Crippen LogP contribution in [0.15, 0.2) is 10.5 Å². The highest BCUT2D eigenvalue weighted by Gasteiger charge is 2.21. The van der Waals surface area contributed by atoms with Crippen LogP contribution >= 0.6 is 11.3 Å². The number of ether oxygens (including phenoxy) is 2. The van der Waals surface area contributed by atoms with E-state index in [1.165, 1.54) is 5.38 Å². The van der Waals surface area contributed by atoms with E-state index in [0.717, 1.165) is 11.3 Å². The second-order valence-corrected chi connectivity index (χ2v) is 4.84. The van der Waals surface area contributed by atoms with Gasteiger partial charge in [0.05, 0.1) is 12.7 Å². The second kappa shape index (κ2) is 8.72. The maximum absolute atomic E-state index is 11.7. The molecule has 0 unspecified atom stereocenters. The van der Waals surface area contributed by atoms with Crippen LogP contribution in [0.25, 0.3) is 0 Å². The number of oxime groups is 1. The zero-order valence-electron chi connectivity index (χ0n) is 12.2. The predicted octanol–water partition coefficient (Wildman–Crippen LogP) is 1.54. The number of nitrogens with one attached hydrogen (secondary N) is 1. The first-order chi connectivity index (χ1) is 10.5. The lowest BCUT2D eigenvalue weighted by Crippen LogP contribution is -2.20. The number of carbonyl (C=O) groups excluding carboxylic acids is 3. The van der Waals surface area contributed by atoms with Crippen LogP contribution in [-0.4, -0.2) is 41.9 Å². The van der Waals surface area contributed by atoms with Gasteiger partial charge in [0.1, 0.15) is 5.69 Å². The molecule has 1 heterocycles. The fourth-order valence-corrected chi connectivity index (χ4v) is 1.91. The predicted molar refractivity (Wildman–Crippen MR) is 77.7 cm³/mol. The maximum Gasteiger partial charge on any atom is 0.413 e. The monoisotopic (exact) mass is 329 g/mol. The third-order valence-corrected chi connectivity index (χ3v) is 2.71. The van der Waals surface area contributed by atoms with E-state index in [4.69, 9.17) is 9.47 Å². The lowest BCUT2D eigenvalue weighted by atomic mass is 10.3. The number of rotatable bonds is 7. The highest BCUT2D eigenvalue weighted by molar-refractivity contribution is 7.14. The van der Waals surface area contributed by atoms with Crippen molar-refractivity contribution in [1.29, 1.82) is 0 Å². The molecule has 0 spiro atoms. The van der Waals surface area contributed by atoms with Gasteiger partial charge in [-0.05, 0) is 20.8 Å². The van der Waals surface area contributed by atoms with Crippen LogP contribution in [0.4, 0.5) is 9.93 Å². The summed E-state index contributed by atoms with van der Waals surface area (Å²) in [6.45, 7) is 5.20. The van der Waals surface area contributed by atoms with Gasteiger partial charge in [-0.25, -0.2) is 14.6 Å². The molecule has 0 radical (unpaired) electrons. The minimum atomic E-state index is -0.800. The molecule has 0 atom stereocenters. The van der Waals surface area contributed by atoms with Gasteiger partial charge in [0.25, 0.3) is 0 Å². The summed E-state index contributed by atoms with van der Waals surface area (Å²) in [7, 11) is 0. The van der Waals surface area contributed by atoms with Crippen molar-refractivity contribution in [2.45, 2.75) is 26.9 Å². The number of carbonyl (C=O) groups is 3. The summed E-state index contributed by atoms with van der Waals surface area (Å²) < 4.78 is 9.68. The van der Waals surface area contributed by atoms with E-state index in [-0.39, 0.29) is 35.7 Å². The lowest BCUT2D eigenvalue weighted by Gasteiger charge is -2.07. The Morgan fingerprint density at radius 3 is 2.82 bits per heavy atom. The molecular weight excluding hydrogens is 314 g/mol. The fourth-order valence-electron chi connectivity index (χ4n) is 1.23. The summed E-state index contributed by atoms with van der Waals surface area (Å²) in [5, 5.41) is 7.40. The van der Waals surface area contributed by atoms with Gasteiger partial charge in [-0.2, -0.15) is 0 Å². The molecule has 0 saturated heterocycles. The van der Waals surface area contributed by atoms with Gasteiger partial charge >= 0.3 is 18.5 Å². The Kier molecular flexibility index (Phi) is 6.96. The topological polar surface area (TPSA) is 116 Å². The molecule has 9 nitrogen and oxygen atoms in total. The fraction of sp³-hybridized carbons (Fsp3) is 0.417. The number of esters is 1. The van der Waals surface area contributed by atoms with Gasteiger partial charge < -0.3 is 14.3 Å². The van der Waals surface area contributed by atoms with E-state index in [9.17, 15) is 14.4 Å². The summed E-state index contributed by atoms with van der Waals surface area (Å²) in [4.78, 5) is 41.6. The van der Waals surface area contributed by atoms with E-state index < -0.39 is 12.1 Å². The maximum atomic E-state index is 11.7. The van der Waals surface area contributed by atoms with E-state index in [0.29, 0.717) is 0 Å². The van der Waals surface area contributed by atoms with Crippen molar-refractivity contribution in [3.05, 3.63) is 11.1 Å². The summed E-state index contributed by atoms with van der Waals surface area (Å²) in [6, 6.07) is 0. The summed E-state index contributed by atoms with van der Waals surface area (Å²) in [5.74, 6) is -0.800. The van der Waals surface area contributed by atoms with Crippen LogP contribution in [0, 0.1) is 0 Å². The summed E-state index contributed by atoms with van der Waals surface area (Å²) in [5.41, 5.74) is -0.180. The summed E-state index contributed by atoms with van der Waals surface area (Å²) >= 11 is 1.05. The third-order valence-electron chi connectivity index (χ3n) is 1.95. The smallest absolute Gasteiger partial charge is 0.413 e. The zero-order valence-corrected chi connectivity index (χ0v) is 13.0. The standard InChI is InChI=1S/C12H15N3O6S/c1-4-19-10(17)9(15-20-6-16)8-5-22-11(13-8)14-12(18)21-7(2)3/h5-7H,4H2,1-3H3,(H,13,14,18). The first-order valence-electron chi connectivity index (χ1n) is 6.26. The van der Waals surface area contributed by atoms with Crippen molar-refractivity contribution in [2.75, 3.05) is 11.9 Å². The van der Waals surface area contributed by atoms with Gasteiger partial charge in [0.2, 0.25) is 5.71 Å². The van der Waals surface area contributed by atoms with Crippen molar-refractivity contribution < 1.29 is 28.7 Å². The molecule has 0 fully saturated rings. The molecule has 0 saturated carbocycles. The number of hydrogen-bond acceptors (Lipinski definition) is 9. The normalized spacial score (nSPS) is 11.0. The molecule has 1 amide bonds. The van der Waals surface area contributed by atoms with Crippen LogP contribution < -0.4 is 5.32 Å². The molecule has 0 aliphatic heterocycles. The SMILES string of the molecule is CCOC(=O)C(=NOC=O)c1csc(NC(=O)OC(C)C)n1. The molecule has 1 aromatic rings. The number of aromatic nitrogens is 1. The number of amides is 1. The van der Waals surface area contributed by atoms with Crippen molar-refractivity contribution in [3.63, 3.8) is 0 Å². The number of nitrogens with zero attached hydrogens (tertiary/aromatic N) is 2. The first-order valence-corrected chi connectivity index (χ1v) is 7.14. The first kappa shape index (κ1) is 17.6. The van der Waals surface area contributed by atoms with E-state index in [1.54, 1.807) is 20.8 Å². The van der Waals surface area contributed by atoms with Gasteiger partial charge in [-0.1, -0.05) is 5.16 Å². The average molecular weight is 329 g/mol. The van der Waals surface area contributed by atoms with Crippen molar-refractivity contribution in [2.24, 2.45) is 5.16 Å². The Morgan fingerprint density at radius 2 is 2.23 bits per heavy atom. The second-order valence-electron chi connectivity index (χ2n) is 3.98. The van der Waals surface area contributed by atoms with E-state index >= 15 is 0 Å². The van der Waals surface area contributed by atoms with Gasteiger partial charge in [0.15, 0.2) is 5.13 Å². The Balaban J connectivity index is 2.87. The van der Waals surface area contributed by atoms with Crippen LogP contribution in [0.1, 0.15) is 26.5 Å². The average Bonchev–Trinajstić information content (AvgIpc) is 2.86. The molecule has 1 rings (SSSR count). The summed E-state index contributed by atoms with van der Waals surface area (Å²) in [6.07, 6.45) is -0.952. The zero-order chi connectivity index (χ0) is 16.5. The molecule has 120 valence electrons. The number of anilines is 1. The Bertz CT molecular complexity index is 569. The molecule has 10 heteroatoms. The Labute approximate surface area is 130 Å². The number of thiazole rings is 1. The Morgan fingerprint density at radius 1 is 1.50 bits per heavy atom. The van der Waals surface area contributed by atoms with Crippen LogP contribution in [0.3, 0.4) is 0 Å². The lowest BCUT2D eigenvalue weighted by molar-refractivity contribution is -0.135. The van der Waals surface area contributed by atoms with E-state index in [2.05, 4.69) is 20.3 Å². The molecule has 0 aromatic carbocycles. The minimum Gasteiger partial charge on any atom is -0.461 e. The van der Waals surface area contributed by atoms with Crippen molar-refractivity contribution in [3.8, 4) is 0 Å². The molecule has 0 bridgehead atoms. The van der Waals surface area contributed by atoms with E-state index in [1.807, 2.05) is 0 Å². The highest BCUT2D eigenvalue weighted by Crippen LogP contribution is 2.17. The molecule has 0 aliphatic carbocycles. The highest BCUT2D eigenvalue weighted by atomic mass is 32.1. The van der Waals surface area contributed by atoms with Crippen LogP contribution in [-0.2, 0) is 23.9 Å². The molecule has 1 aromatic heterocycles. The van der Waals surface area contributed by atoms with Gasteiger partial charge in [-0.15, -0.1) is 11.3 Å². The van der Waals surface area contributed by atoms with Crippen molar-refractivity contribution in [1.82, 2.24) is 4.98 Å². The molecule has 1 N–H and O–H groups in total. The largest absolute Gasteiger partial charge is 0.461 e. The quantitative estimate of drug-likeness (QED) is 0.265. The third kappa shape index (κ3) is 5.48. The van der Waals surface area contributed by atoms with Crippen LogP contribution in [0.5, 0.6) is 0 Å².